The minimum Gasteiger partial charge on any atom is -0.347 e. The Bertz CT molecular complexity index is 664. The highest BCUT2D eigenvalue weighted by molar-refractivity contribution is 6.38. The summed E-state index contributed by atoms with van der Waals surface area (Å²) in [5.74, 6) is -0.984. The molecule has 1 saturated carbocycles. The molecule has 0 aromatic carbocycles. The van der Waals surface area contributed by atoms with Crippen LogP contribution in [0, 0.1) is 17.3 Å². The first-order chi connectivity index (χ1) is 13.9. The molecule has 0 aromatic heterocycles. The Kier molecular flexibility index (Phi) is 8.06. The van der Waals surface area contributed by atoms with Crippen molar-refractivity contribution >= 4 is 23.5 Å². The fourth-order valence-electron chi connectivity index (χ4n) is 3.90. The zero-order valence-electron chi connectivity index (χ0n) is 19.4. The van der Waals surface area contributed by atoms with Gasteiger partial charge in [0.2, 0.25) is 17.6 Å². The van der Waals surface area contributed by atoms with E-state index in [-0.39, 0.29) is 29.2 Å². The molecule has 3 atom stereocenters. The highest BCUT2D eigenvalue weighted by Crippen LogP contribution is 2.31. The molecule has 3 amide bonds. The Morgan fingerprint density at radius 2 is 1.73 bits per heavy atom. The van der Waals surface area contributed by atoms with Gasteiger partial charge in [0.15, 0.2) is 0 Å². The van der Waals surface area contributed by atoms with Crippen LogP contribution in [0.4, 0.5) is 0 Å². The number of carbonyl (C=O) groups excluding carboxylic acids is 4. The molecule has 2 rings (SSSR count). The molecule has 2 aliphatic rings. The van der Waals surface area contributed by atoms with Crippen LogP contribution >= 0.6 is 0 Å². The quantitative estimate of drug-likeness (QED) is 0.559. The SMILES string of the molecule is CCCC(NC(=O)C1CC(C(C)C)CN1C(=O)CC(C)(C)C)C(=O)C(=O)NC1CC1. The van der Waals surface area contributed by atoms with E-state index in [2.05, 4.69) is 24.5 Å². The molecule has 0 bridgehead atoms. The first kappa shape index (κ1) is 24.4. The Morgan fingerprint density at radius 3 is 2.23 bits per heavy atom. The van der Waals surface area contributed by atoms with Crippen LogP contribution in [0.15, 0.2) is 0 Å². The monoisotopic (exact) mass is 421 g/mol. The Morgan fingerprint density at radius 1 is 1.10 bits per heavy atom. The molecule has 1 aliphatic carbocycles. The summed E-state index contributed by atoms with van der Waals surface area (Å²) in [4.78, 5) is 52.6. The largest absolute Gasteiger partial charge is 0.347 e. The number of amides is 3. The maximum atomic E-state index is 13.2. The predicted molar refractivity (Wildman–Crippen MR) is 116 cm³/mol. The van der Waals surface area contributed by atoms with Crippen molar-refractivity contribution in [2.75, 3.05) is 6.54 Å². The second-order valence-corrected chi connectivity index (χ2v) is 10.5. The first-order valence-electron chi connectivity index (χ1n) is 11.4. The van der Waals surface area contributed by atoms with E-state index in [9.17, 15) is 19.2 Å². The number of ketones is 1. The summed E-state index contributed by atoms with van der Waals surface area (Å²) in [6.45, 7) is 12.7. The van der Waals surface area contributed by atoms with Crippen LogP contribution in [0.2, 0.25) is 0 Å². The lowest BCUT2D eigenvalue weighted by Crippen LogP contribution is -2.53. The lowest BCUT2D eigenvalue weighted by Gasteiger charge is -2.28. The van der Waals surface area contributed by atoms with Crippen molar-refractivity contribution < 1.29 is 19.2 Å². The number of likely N-dealkylation sites (tertiary alicyclic amines) is 1. The second-order valence-electron chi connectivity index (χ2n) is 10.5. The highest BCUT2D eigenvalue weighted by Gasteiger charge is 2.42. The summed E-state index contributed by atoms with van der Waals surface area (Å²) in [7, 11) is 0. The van der Waals surface area contributed by atoms with E-state index in [0.29, 0.717) is 38.1 Å². The molecule has 0 radical (unpaired) electrons. The summed E-state index contributed by atoms with van der Waals surface area (Å²) in [5.41, 5.74) is -0.171. The molecule has 2 N–H and O–H groups in total. The number of Topliss-reactive ketones (excluding diaryl/α,β-unsaturated/α-hetero) is 1. The second kappa shape index (κ2) is 9.92. The fraction of sp³-hybridized carbons (Fsp3) is 0.826. The van der Waals surface area contributed by atoms with Crippen LogP contribution in [0.5, 0.6) is 0 Å². The van der Waals surface area contributed by atoms with Crippen LogP contribution in [-0.4, -0.2) is 53.1 Å². The van der Waals surface area contributed by atoms with Gasteiger partial charge in [0.05, 0.1) is 6.04 Å². The third kappa shape index (κ3) is 6.81. The zero-order valence-corrected chi connectivity index (χ0v) is 19.4. The number of carbonyl (C=O) groups is 4. The summed E-state index contributed by atoms with van der Waals surface area (Å²) in [5, 5.41) is 5.50. The van der Waals surface area contributed by atoms with E-state index in [1.54, 1.807) is 4.90 Å². The van der Waals surface area contributed by atoms with Gasteiger partial charge in [-0.1, -0.05) is 48.0 Å². The van der Waals surface area contributed by atoms with Gasteiger partial charge in [-0.05, 0) is 42.9 Å². The minimum absolute atomic E-state index is 0.0318. The standard InChI is InChI=1S/C23H39N3O4/c1-7-8-17(20(28)22(30)24-16-9-10-16)25-21(29)18-11-15(14(2)3)13-26(18)19(27)12-23(4,5)6/h14-18H,7-13H2,1-6H3,(H,24,30)(H,25,29). The van der Waals surface area contributed by atoms with E-state index < -0.39 is 23.8 Å². The van der Waals surface area contributed by atoms with E-state index in [4.69, 9.17) is 0 Å². The van der Waals surface area contributed by atoms with Gasteiger partial charge in [-0.25, -0.2) is 0 Å². The first-order valence-corrected chi connectivity index (χ1v) is 11.4. The molecular formula is C23H39N3O4. The predicted octanol–water partition coefficient (Wildman–Crippen LogP) is 2.43. The summed E-state index contributed by atoms with van der Waals surface area (Å²) >= 11 is 0. The molecular weight excluding hydrogens is 382 g/mol. The van der Waals surface area contributed by atoms with Gasteiger partial charge in [-0.2, -0.15) is 0 Å². The molecule has 3 unspecified atom stereocenters. The number of hydrogen-bond donors (Lipinski definition) is 2. The van der Waals surface area contributed by atoms with Crippen molar-refractivity contribution in [2.24, 2.45) is 17.3 Å². The molecule has 2 fully saturated rings. The maximum Gasteiger partial charge on any atom is 0.289 e. The van der Waals surface area contributed by atoms with Gasteiger partial charge in [-0.15, -0.1) is 0 Å². The molecule has 170 valence electrons. The van der Waals surface area contributed by atoms with Gasteiger partial charge >= 0.3 is 0 Å². The smallest absolute Gasteiger partial charge is 0.289 e. The van der Waals surface area contributed by atoms with Crippen molar-refractivity contribution in [1.29, 1.82) is 0 Å². The molecule has 1 aliphatic heterocycles. The van der Waals surface area contributed by atoms with Crippen molar-refractivity contribution in [2.45, 2.75) is 98.2 Å². The summed E-state index contributed by atoms with van der Waals surface area (Å²) in [6, 6.07) is -1.35. The van der Waals surface area contributed by atoms with E-state index in [1.165, 1.54) is 0 Å². The number of nitrogens with one attached hydrogen (secondary N) is 2. The number of rotatable bonds is 9. The Hall–Kier alpha value is -1.92. The average Bonchev–Trinajstić information content (AvgIpc) is 3.31. The van der Waals surface area contributed by atoms with Crippen molar-refractivity contribution in [3.05, 3.63) is 0 Å². The number of nitrogens with zero attached hydrogens (tertiary/aromatic N) is 1. The van der Waals surface area contributed by atoms with E-state index >= 15 is 0 Å². The van der Waals surface area contributed by atoms with Crippen LogP contribution in [0.3, 0.4) is 0 Å². The summed E-state index contributed by atoms with van der Waals surface area (Å²) < 4.78 is 0. The third-order valence-electron chi connectivity index (χ3n) is 5.93. The molecule has 1 saturated heterocycles. The van der Waals surface area contributed by atoms with Gasteiger partial charge in [0.25, 0.3) is 5.91 Å². The van der Waals surface area contributed by atoms with E-state index in [1.807, 2.05) is 27.7 Å². The average molecular weight is 422 g/mol. The van der Waals surface area contributed by atoms with Gasteiger partial charge in [-0.3, -0.25) is 19.2 Å². The fourth-order valence-corrected chi connectivity index (χ4v) is 3.90. The molecule has 0 spiro atoms. The van der Waals surface area contributed by atoms with Crippen LogP contribution in [-0.2, 0) is 19.2 Å². The van der Waals surface area contributed by atoms with Crippen molar-refractivity contribution in [3.63, 3.8) is 0 Å². The van der Waals surface area contributed by atoms with Crippen molar-refractivity contribution in [3.8, 4) is 0 Å². The maximum absolute atomic E-state index is 13.2. The lowest BCUT2D eigenvalue weighted by atomic mass is 9.91. The third-order valence-corrected chi connectivity index (χ3v) is 5.93. The molecule has 0 aromatic rings. The van der Waals surface area contributed by atoms with E-state index in [0.717, 1.165) is 12.8 Å². The van der Waals surface area contributed by atoms with Gasteiger partial charge in [0.1, 0.15) is 6.04 Å². The topological polar surface area (TPSA) is 95.6 Å². The van der Waals surface area contributed by atoms with Crippen LogP contribution in [0.1, 0.15) is 80.1 Å². The molecule has 7 heteroatoms. The normalized spacial score (nSPS) is 22.7. The van der Waals surface area contributed by atoms with Crippen LogP contribution in [0.25, 0.3) is 0 Å². The zero-order chi connectivity index (χ0) is 22.6. The Labute approximate surface area is 180 Å². The number of hydrogen-bond acceptors (Lipinski definition) is 4. The molecule has 7 nitrogen and oxygen atoms in total. The molecule has 30 heavy (non-hydrogen) atoms. The molecule has 1 heterocycles. The summed E-state index contributed by atoms with van der Waals surface area (Å²) in [6.07, 6.45) is 3.81. The van der Waals surface area contributed by atoms with Gasteiger partial charge < -0.3 is 15.5 Å². The van der Waals surface area contributed by atoms with Gasteiger partial charge in [0, 0.05) is 19.0 Å². The Balaban J connectivity index is 2.11. The highest BCUT2D eigenvalue weighted by atomic mass is 16.2. The van der Waals surface area contributed by atoms with Crippen molar-refractivity contribution in [1.82, 2.24) is 15.5 Å². The lowest BCUT2D eigenvalue weighted by molar-refractivity contribution is -0.142. The van der Waals surface area contributed by atoms with Crippen LogP contribution < -0.4 is 10.6 Å². The minimum atomic E-state index is -0.848.